The Labute approximate surface area is 94.3 Å². The van der Waals surface area contributed by atoms with Crippen LogP contribution in [0.2, 0.25) is 0 Å². The topological polar surface area (TPSA) is 40.6 Å². The largest absolute Gasteiger partial charge is 0.342 e. The molecule has 0 aromatic rings. The van der Waals surface area contributed by atoms with Gasteiger partial charge in [-0.15, -0.1) is 11.8 Å². The van der Waals surface area contributed by atoms with Crippen molar-refractivity contribution >= 4 is 23.6 Å². The number of nitrogens with zero attached hydrogens (tertiary/aromatic N) is 2. The Hall–Kier alpha value is -0.970. The zero-order valence-corrected chi connectivity index (χ0v) is 9.92. The first-order chi connectivity index (χ1) is 7.19. The molecule has 4 nitrogen and oxygen atoms in total. The van der Waals surface area contributed by atoms with Crippen LogP contribution in [0.5, 0.6) is 0 Å². The van der Waals surface area contributed by atoms with Crippen LogP contribution in [0.1, 0.15) is 13.8 Å². The maximum absolute atomic E-state index is 11.7. The maximum Gasteiger partial charge on any atom is 0.242 e. The fraction of sp³-hybridized carbons (Fsp3) is 0.600. The SMILES string of the molecule is CCN(CC)C(=O)CN1C=CSCC1=O. The number of likely N-dealkylation sites (N-methyl/N-ethyl adjacent to an activating group) is 1. The van der Waals surface area contributed by atoms with Gasteiger partial charge in [-0.25, -0.2) is 0 Å². The van der Waals surface area contributed by atoms with E-state index in [1.165, 1.54) is 16.7 Å². The molecule has 0 fully saturated rings. The van der Waals surface area contributed by atoms with E-state index in [0.717, 1.165) is 0 Å². The number of amides is 2. The number of carbonyl (C=O) groups is 2. The summed E-state index contributed by atoms with van der Waals surface area (Å²) in [5, 5.41) is 1.84. The maximum atomic E-state index is 11.7. The van der Waals surface area contributed by atoms with E-state index >= 15 is 0 Å². The van der Waals surface area contributed by atoms with Gasteiger partial charge in [0.1, 0.15) is 6.54 Å². The summed E-state index contributed by atoms with van der Waals surface area (Å²) in [6.07, 6.45) is 1.68. The third-order valence-corrected chi connectivity index (χ3v) is 3.01. The van der Waals surface area contributed by atoms with Crippen molar-refractivity contribution in [2.75, 3.05) is 25.4 Å². The highest BCUT2D eigenvalue weighted by Crippen LogP contribution is 2.12. The average molecular weight is 228 g/mol. The predicted molar refractivity (Wildman–Crippen MR) is 61.2 cm³/mol. The highest BCUT2D eigenvalue weighted by molar-refractivity contribution is 8.02. The fourth-order valence-electron chi connectivity index (χ4n) is 1.36. The lowest BCUT2D eigenvalue weighted by atomic mass is 10.4. The summed E-state index contributed by atoms with van der Waals surface area (Å²) in [5.74, 6) is 0.440. The minimum absolute atomic E-state index is 0.00278. The summed E-state index contributed by atoms with van der Waals surface area (Å²) < 4.78 is 0. The minimum Gasteiger partial charge on any atom is -0.342 e. The molecule has 0 aliphatic carbocycles. The molecule has 5 heteroatoms. The van der Waals surface area contributed by atoms with Crippen molar-refractivity contribution in [3.05, 3.63) is 11.6 Å². The molecule has 0 atom stereocenters. The summed E-state index contributed by atoms with van der Waals surface area (Å²) in [6.45, 7) is 5.42. The lowest BCUT2D eigenvalue weighted by Gasteiger charge is -2.25. The zero-order chi connectivity index (χ0) is 11.3. The van der Waals surface area contributed by atoms with Crippen LogP contribution in [0.4, 0.5) is 0 Å². The van der Waals surface area contributed by atoms with Gasteiger partial charge >= 0.3 is 0 Å². The Bertz CT molecular complexity index is 275. The molecule has 0 saturated heterocycles. The van der Waals surface area contributed by atoms with Crippen LogP contribution in [0.25, 0.3) is 0 Å². The number of carbonyl (C=O) groups excluding carboxylic acids is 2. The molecular weight excluding hydrogens is 212 g/mol. The van der Waals surface area contributed by atoms with E-state index in [4.69, 9.17) is 0 Å². The second kappa shape index (κ2) is 5.80. The summed E-state index contributed by atoms with van der Waals surface area (Å²) >= 11 is 1.46. The van der Waals surface area contributed by atoms with Crippen molar-refractivity contribution in [2.45, 2.75) is 13.8 Å². The Morgan fingerprint density at radius 1 is 1.53 bits per heavy atom. The molecule has 15 heavy (non-hydrogen) atoms. The monoisotopic (exact) mass is 228 g/mol. The van der Waals surface area contributed by atoms with Crippen molar-refractivity contribution in [1.82, 2.24) is 9.80 Å². The lowest BCUT2D eigenvalue weighted by Crippen LogP contribution is -2.41. The molecule has 84 valence electrons. The Morgan fingerprint density at radius 2 is 2.20 bits per heavy atom. The van der Waals surface area contributed by atoms with E-state index in [1.807, 2.05) is 19.3 Å². The van der Waals surface area contributed by atoms with Crippen LogP contribution in [0, 0.1) is 0 Å². The van der Waals surface area contributed by atoms with Crippen molar-refractivity contribution in [3.63, 3.8) is 0 Å². The molecular formula is C10H16N2O2S. The van der Waals surface area contributed by atoms with Gasteiger partial charge < -0.3 is 9.80 Å². The van der Waals surface area contributed by atoms with Crippen LogP contribution in [-0.2, 0) is 9.59 Å². The van der Waals surface area contributed by atoms with Crippen LogP contribution in [0.15, 0.2) is 11.6 Å². The van der Waals surface area contributed by atoms with E-state index in [2.05, 4.69) is 0 Å². The van der Waals surface area contributed by atoms with E-state index in [1.54, 1.807) is 11.1 Å². The molecule has 0 aromatic carbocycles. The Kier molecular flexibility index (Phi) is 4.68. The number of hydrogen-bond acceptors (Lipinski definition) is 3. The molecule has 1 aliphatic rings. The van der Waals surface area contributed by atoms with E-state index in [9.17, 15) is 9.59 Å². The zero-order valence-electron chi connectivity index (χ0n) is 9.10. The van der Waals surface area contributed by atoms with Crippen molar-refractivity contribution < 1.29 is 9.59 Å². The van der Waals surface area contributed by atoms with Gasteiger partial charge in [0.15, 0.2) is 0 Å². The average Bonchev–Trinajstić information content (AvgIpc) is 2.23. The molecule has 1 rings (SSSR count). The summed E-state index contributed by atoms with van der Waals surface area (Å²) in [5.41, 5.74) is 0. The highest BCUT2D eigenvalue weighted by Gasteiger charge is 2.19. The lowest BCUT2D eigenvalue weighted by molar-refractivity contribution is -0.137. The van der Waals surface area contributed by atoms with Gasteiger partial charge in [-0.3, -0.25) is 9.59 Å². The Morgan fingerprint density at radius 3 is 2.73 bits per heavy atom. The van der Waals surface area contributed by atoms with E-state index in [-0.39, 0.29) is 18.4 Å². The standard InChI is InChI=1S/C10H16N2O2S/c1-3-11(4-2)9(13)7-12-5-6-15-8-10(12)14/h5-6H,3-4,7-8H2,1-2H3. The summed E-state index contributed by atoms with van der Waals surface area (Å²) in [6, 6.07) is 0. The predicted octanol–water partition coefficient (Wildman–Crippen LogP) is 0.901. The minimum atomic E-state index is 0.00278. The van der Waals surface area contributed by atoms with Gasteiger partial charge in [0.25, 0.3) is 0 Å². The van der Waals surface area contributed by atoms with Gasteiger partial charge in [-0.1, -0.05) is 0 Å². The molecule has 0 aromatic heterocycles. The second-order valence-corrected chi connectivity index (χ2v) is 4.08. The number of hydrogen-bond donors (Lipinski definition) is 0. The van der Waals surface area contributed by atoms with Gasteiger partial charge in [0.2, 0.25) is 11.8 Å². The molecule has 0 unspecified atom stereocenters. The quantitative estimate of drug-likeness (QED) is 0.718. The van der Waals surface area contributed by atoms with Crippen LogP contribution >= 0.6 is 11.8 Å². The van der Waals surface area contributed by atoms with Gasteiger partial charge in [0.05, 0.1) is 5.75 Å². The highest BCUT2D eigenvalue weighted by atomic mass is 32.2. The smallest absolute Gasteiger partial charge is 0.242 e. The van der Waals surface area contributed by atoms with Crippen molar-refractivity contribution in [1.29, 1.82) is 0 Å². The number of thioether (sulfide) groups is 1. The molecule has 1 aliphatic heterocycles. The van der Waals surface area contributed by atoms with Crippen LogP contribution in [0.3, 0.4) is 0 Å². The molecule has 1 heterocycles. The molecule has 0 bridgehead atoms. The van der Waals surface area contributed by atoms with Gasteiger partial charge in [0, 0.05) is 19.3 Å². The van der Waals surface area contributed by atoms with E-state index in [0.29, 0.717) is 18.8 Å². The van der Waals surface area contributed by atoms with Crippen LogP contribution < -0.4 is 0 Å². The summed E-state index contributed by atoms with van der Waals surface area (Å²) in [7, 11) is 0. The van der Waals surface area contributed by atoms with Gasteiger partial charge in [-0.05, 0) is 19.3 Å². The normalized spacial score (nSPS) is 15.6. The molecule has 0 N–H and O–H groups in total. The fourth-order valence-corrected chi connectivity index (χ4v) is 2.00. The first-order valence-corrected chi connectivity index (χ1v) is 6.09. The van der Waals surface area contributed by atoms with Crippen molar-refractivity contribution in [2.24, 2.45) is 0 Å². The Balaban J connectivity index is 2.53. The van der Waals surface area contributed by atoms with Crippen LogP contribution in [-0.4, -0.2) is 47.0 Å². The third-order valence-electron chi connectivity index (χ3n) is 2.29. The first-order valence-electron chi connectivity index (χ1n) is 5.04. The molecule has 0 saturated carbocycles. The summed E-state index contributed by atoms with van der Waals surface area (Å²) in [4.78, 5) is 26.3. The third kappa shape index (κ3) is 3.27. The molecule has 0 radical (unpaired) electrons. The first kappa shape index (κ1) is 12.1. The molecule has 0 spiro atoms. The number of rotatable bonds is 4. The van der Waals surface area contributed by atoms with Crippen molar-refractivity contribution in [3.8, 4) is 0 Å². The molecule has 2 amide bonds. The second-order valence-electron chi connectivity index (χ2n) is 3.18. The van der Waals surface area contributed by atoms with Gasteiger partial charge in [-0.2, -0.15) is 0 Å². The van der Waals surface area contributed by atoms with E-state index < -0.39 is 0 Å².